The number of amides is 2. The maximum Gasteiger partial charge on any atom is 0.410 e. The highest BCUT2D eigenvalue weighted by atomic mass is 16.5. The Bertz CT molecular complexity index is 1050. The fourth-order valence-electron chi connectivity index (χ4n) is 2.96. The van der Waals surface area contributed by atoms with Gasteiger partial charge in [0.15, 0.2) is 0 Å². The van der Waals surface area contributed by atoms with Gasteiger partial charge in [-0.05, 0) is 48.5 Å². The highest BCUT2D eigenvalue weighted by Crippen LogP contribution is 2.21. The van der Waals surface area contributed by atoms with E-state index in [0.717, 1.165) is 11.4 Å². The molecule has 31 heavy (non-hydrogen) atoms. The number of carbonyl (C=O) groups excluding carboxylic acids is 1. The summed E-state index contributed by atoms with van der Waals surface area (Å²) >= 11 is 0. The van der Waals surface area contributed by atoms with Gasteiger partial charge in [0.2, 0.25) is 0 Å². The summed E-state index contributed by atoms with van der Waals surface area (Å²) < 4.78 is 5.73. The number of carbonyl (C=O) groups is 2. The van der Waals surface area contributed by atoms with Crippen LogP contribution in [0, 0.1) is 0 Å². The van der Waals surface area contributed by atoms with E-state index in [1.54, 1.807) is 48.5 Å². The molecule has 0 saturated carbocycles. The van der Waals surface area contributed by atoms with E-state index in [2.05, 4.69) is 15.6 Å². The number of ether oxygens (including phenoxy) is 1. The largest absolute Gasteiger partial charge is 0.493 e. The monoisotopic (exact) mass is 420 g/mol. The van der Waals surface area contributed by atoms with Crippen molar-refractivity contribution >= 4 is 29.2 Å². The lowest BCUT2D eigenvalue weighted by Gasteiger charge is -2.17. The van der Waals surface area contributed by atoms with E-state index in [9.17, 15) is 9.59 Å². The molecule has 2 amide bonds. The highest BCUT2D eigenvalue weighted by Gasteiger charge is 2.12. The molecule has 160 valence electrons. The summed E-state index contributed by atoms with van der Waals surface area (Å²) in [6.45, 7) is 0.380. The molecule has 0 aliphatic carbocycles. The van der Waals surface area contributed by atoms with Crippen molar-refractivity contribution in [2.24, 2.45) is 0 Å². The lowest BCUT2D eigenvalue weighted by Crippen LogP contribution is -2.18. The molecule has 1 aromatic heterocycles. The number of para-hydroxylation sites is 1. The van der Waals surface area contributed by atoms with Crippen molar-refractivity contribution in [3.05, 3.63) is 78.0 Å². The van der Waals surface area contributed by atoms with E-state index in [-0.39, 0.29) is 11.7 Å². The Morgan fingerprint density at radius 1 is 0.968 bits per heavy atom. The predicted molar refractivity (Wildman–Crippen MR) is 120 cm³/mol. The fraction of sp³-hybridized carbons (Fsp3) is 0.174. The molecule has 3 rings (SSSR count). The first kappa shape index (κ1) is 21.6. The molecule has 0 unspecified atom stereocenters. The Hall–Kier alpha value is -4.07. The van der Waals surface area contributed by atoms with Crippen molar-refractivity contribution < 1.29 is 19.4 Å². The van der Waals surface area contributed by atoms with Crippen LogP contribution in [0.5, 0.6) is 5.75 Å². The van der Waals surface area contributed by atoms with Crippen LogP contribution in [0.25, 0.3) is 0 Å². The average Bonchev–Trinajstić information content (AvgIpc) is 2.75. The maximum absolute atomic E-state index is 12.6. The molecule has 8 heteroatoms. The smallest absolute Gasteiger partial charge is 0.410 e. The summed E-state index contributed by atoms with van der Waals surface area (Å²) in [4.78, 5) is 29.4. The number of hydrogen-bond acceptors (Lipinski definition) is 5. The number of hydrogen-bond donors (Lipinski definition) is 3. The topological polar surface area (TPSA) is 104 Å². The summed E-state index contributed by atoms with van der Waals surface area (Å²) in [7, 11) is 3.79. The van der Waals surface area contributed by atoms with Crippen LogP contribution in [0.1, 0.15) is 16.1 Å². The normalized spacial score (nSPS) is 10.3. The zero-order chi connectivity index (χ0) is 22.2. The first-order valence-corrected chi connectivity index (χ1v) is 9.69. The van der Waals surface area contributed by atoms with E-state index in [0.29, 0.717) is 30.0 Å². The quantitative estimate of drug-likeness (QED) is 0.507. The number of rotatable bonds is 8. The summed E-state index contributed by atoms with van der Waals surface area (Å²) in [6.07, 6.45) is -0.632. The van der Waals surface area contributed by atoms with E-state index in [4.69, 9.17) is 9.84 Å². The second-order valence-corrected chi connectivity index (χ2v) is 6.93. The molecule has 8 nitrogen and oxygen atoms in total. The Kier molecular flexibility index (Phi) is 7.05. The van der Waals surface area contributed by atoms with Gasteiger partial charge in [0.25, 0.3) is 5.91 Å². The first-order valence-electron chi connectivity index (χ1n) is 9.69. The van der Waals surface area contributed by atoms with E-state index < -0.39 is 6.09 Å². The van der Waals surface area contributed by atoms with Crippen LogP contribution in [-0.4, -0.2) is 42.8 Å². The summed E-state index contributed by atoms with van der Waals surface area (Å²) in [5.74, 6) is 0.756. The summed E-state index contributed by atoms with van der Waals surface area (Å²) in [5, 5.41) is 13.9. The van der Waals surface area contributed by atoms with E-state index >= 15 is 0 Å². The van der Waals surface area contributed by atoms with Gasteiger partial charge in [0.1, 0.15) is 11.6 Å². The van der Waals surface area contributed by atoms with Crippen LogP contribution >= 0.6 is 0 Å². The number of nitrogens with one attached hydrogen (secondary N) is 2. The van der Waals surface area contributed by atoms with Gasteiger partial charge in [-0.25, -0.2) is 9.78 Å². The van der Waals surface area contributed by atoms with Crippen LogP contribution in [0.2, 0.25) is 0 Å². The van der Waals surface area contributed by atoms with Crippen molar-refractivity contribution in [3.8, 4) is 5.75 Å². The molecule has 1 heterocycles. The number of anilines is 3. The molecular weight excluding hydrogens is 396 g/mol. The molecule has 2 aromatic carbocycles. The van der Waals surface area contributed by atoms with E-state index in [1.807, 2.05) is 37.2 Å². The molecule has 3 N–H and O–H groups in total. The standard InChI is InChI=1S/C23H24N4O4/c1-27(2)20-8-4-3-7-19(20)22(28)25-17-10-12-18(13-11-17)31-15-14-16-6-5-9-21(24-16)26-23(29)30/h3-13H,14-15H2,1-2H3,(H,24,26)(H,25,28)(H,29,30). The van der Waals surface area contributed by atoms with Crippen LogP contribution in [-0.2, 0) is 6.42 Å². The van der Waals surface area contributed by atoms with Crippen LogP contribution in [0.15, 0.2) is 66.7 Å². The zero-order valence-electron chi connectivity index (χ0n) is 17.3. The van der Waals surface area contributed by atoms with Gasteiger partial charge in [0, 0.05) is 37.6 Å². The third-order valence-electron chi connectivity index (χ3n) is 4.41. The predicted octanol–water partition coefficient (Wildman–Crippen LogP) is 4.11. The molecule has 0 atom stereocenters. The molecule has 0 spiro atoms. The van der Waals surface area contributed by atoms with Crippen molar-refractivity contribution in [1.29, 1.82) is 0 Å². The average molecular weight is 420 g/mol. The lowest BCUT2D eigenvalue weighted by atomic mass is 10.1. The number of benzene rings is 2. The van der Waals surface area contributed by atoms with E-state index in [1.165, 1.54) is 0 Å². The van der Waals surface area contributed by atoms with Crippen molar-refractivity contribution in [2.45, 2.75) is 6.42 Å². The SMILES string of the molecule is CN(C)c1ccccc1C(=O)Nc1ccc(OCCc2cccc(NC(=O)O)n2)cc1. The Balaban J connectivity index is 1.54. The molecule has 0 aliphatic heterocycles. The summed E-state index contributed by atoms with van der Waals surface area (Å²) in [6, 6.07) is 19.7. The van der Waals surface area contributed by atoms with Crippen LogP contribution < -0.4 is 20.3 Å². The molecular formula is C23H24N4O4. The molecule has 0 radical (unpaired) electrons. The minimum Gasteiger partial charge on any atom is -0.493 e. The van der Waals surface area contributed by atoms with Gasteiger partial charge in [-0.15, -0.1) is 0 Å². The van der Waals surface area contributed by atoms with Gasteiger partial charge >= 0.3 is 6.09 Å². The first-order chi connectivity index (χ1) is 14.9. The molecule has 0 bridgehead atoms. The van der Waals surface area contributed by atoms with Crippen molar-refractivity contribution in [3.63, 3.8) is 0 Å². The Morgan fingerprint density at radius 2 is 1.71 bits per heavy atom. The molecule has 3 aromatic rings. The van der Waals surface area contributed by atoms with Crippen LogP contribution in [0.3, 0.4) is 0 Å². The number of nitrogens with zero attached hydrogens (tertiary/aromatic N) is 2. The van der Waals surface area contributed by atoms with Gasteiger partial charge in [-0.2, -0.15) is 0 Å². The fourth-order valence-corrected chi connectivity index (χ4v) is 2.96. The van der Waals surface area contributed by atoms with Gasteiger partial charge in [0.05, 0.1) is 12.2 Å². The zero-order valence-corrected chi connectivity index (χ0v) is 17.3. The highest BCUT2D eigenvalue weighted by molar-refractivity contribution is 6.08. The Morgan fingerprint density at radius 3 is 2.42 bits per heavy atom. The number of aromatic nitrogens is 1. The van der Waals surface area contributed by atoms with Crippen LogP contribution in [0.4, 0.5) is 22.0 Å². The van der Waals surface area contributed by atoms with Gasteiger partial charge < -0.3 is 20.1 Å². The summed E-state index contributed by atoms with van der Waals surface area (Å²) in [5.41, 5.74) is 2.82. The van der Waals surface area contributed by atoms with Crippen molar-refractivity contribution in [1.82, 2.24) is 4.98 Å². The molecule has 0 saturated heterocycles. The van der Waals surface area contributed by atoms with Crippen molar-refractivity contribution in [2.75, 3.05) is 36.2 Å². The number of pyridine rings is 1. The number of carboxylic acid groups (broad SMARTS) is 1. The lowest BCUT2D eigenvalue weighted by molar-refractivity contribution is 0.102. The Labute approximate surface area is 180 Å². The van der Waals surface area contributed by atoms with Gasteiger partial charge in [-0.1, -0.05) is 18.2 Å². The second kappa shape index (κ2) is 10.1. The minimum atomic E-state index is -1.15. The molecule has 0 aliphatic rings. The molecule has 0 fully saturated rings. The minimum absolute atomic E-state index is 0.182. The van der Waals surface area contributed by atoms with Gasteiger partial charge in [-0.3, -0.25) is 10.1 Å². The third kappa shape index (κ3) is 6.20. The maximum atomic E-state index is 12.6. The third-order valence-corrected chi connectivity index (χ3v) is 4.41. The second-order valence-electron chi connectivity index (χ2n) is 6.93.